The molecule has 0 saturated carbocycles. The lowest BCUT2D eigenvalue weighted by Crippen LogP contribution is -2.49. The molecule has 2 saturated heterocycles. The molecule has 0 spiro atoms. The predicted molar refractivity (Wildman–Crippen MR) is 104 cm³/mol. The van der Waals surface area contributed by atoms with Gasteiger partial charge in [-0.3, -0.25) is 4.90 Å². The van der Waals surface area contributed by atoms with E-state index in [9.17, 15) is 4.79 Å². The van der Waals surface area contributed by atoms with Crippen LogP contribution in [0.25, 0.3) is 0 Å². The Balaban J connectivity index is 1.28. The molecule has 2 aliphatic rings. The van der Waals surface area contributed by atoms with Crippen molar-refractivity contribution in [1.82, 2.24) is 19.6 Å². The summed E-state index contributed by atoms with van der Waals surface area (Å²) in [5.41, 5.74) is 2.56. The van der Waals surface area contributed by atoms with Gasteiger partial charge in [-0.05, 0) is 17.7 Å². The number of piperazine rings is 1. The molecule has 3 heterocycles. The molecule has 144 valence electrons. The number of ether oxygens (including phenoxy) is 1. The lowest BCUT2D eigenvalue weighted by Gasteiger charge is -2.34. The van der Waals surface area contributed by atoms with Gasteiger partial charge in [0.2, 0.25) is 0 Å². The highest BCUT2D eigenvalue weighted by Crippen LogP contribution is 2.18. The van der Waals surface area contributed by atoms with Gasteiger partial charge in [-0.25, -0.2) is 4.79 Å². The molecule has 1 aromatic carbocycles. The highest BCUT2D eigenvalue weighted by atomic mass is 35.5. The summed E-state index contributed by atoms with van der Waals surface area (Å²) in [4.78, 5) is 19.0. The molecule has 27 heavy (non-hydrogen) atoms. The number of carbonyl (C=O) groups excluding carboxylic acids is 1. The van der Waals surface area contributed by atoms with Gasteiger partial charge in [-0.15, -0.1) is 0 Å². The Hall–Kier alpha value is -2.09. The van der Waals surface area contributed by atoms with E-state index in [0.29, 0.717) is 18.1 Å². The van der Waals surface area contributed by atoms with Crippen LogP contribution in [0.1, 0.15) is 5.56 Å². The van der Waals surface area contributed by atoms with E-state index in [1.807, 2.05) is 4.90 Å². The summed E-state index contributed by atoms with van der Waals surface area (Å²) in [7, 11) is 0. The zero-order valence-corrected chi connectivity index (χ0v) is 16.0. The van der Waals surface area contributed by atoms with Crippen molar-refractivity contribution in [3.05, 3.63) is 47.2 Å². The Morgan fingerprint density at radius 1 is 1.04 bits per heavy atom. The second-order valence-electron chi connectivity index (χ2n) is 6.91. The van der Waals surface area contributed by atoms with Crippen LogP contribution in [-0.4, -0.2) is 78.1 Å². The number of amides is 1. The SMILES string of the molecule is O=C(N1CCN(Cc2ccc(N3CCOCC3)cc2)CC1)n1cc(Cl)cn1. The van der Waals surface area contributed by atoms with Crippen LogP contribution in [0.3, 0.4) is 0 Å². The summed E-state index contributed by atoms with van der Waals surface area (Å²) in [6, 6.07) is 8.68. The van der Waals surface area contributed by atoms with Crippen molar-refractivity contribution in [1.29, 1.82) is 0 Å². The van der Waals surface area contributed by atoms with Crippen LogP contribution in [0, 0.1) is 0 Å². The fourth-order valence-corrected chi connectivity index (χ4v) is 3.68. The van der Waals surface area contributed by atoms with Crippen LogP contribution in [0.15, 0.2) is 36.7 Å². The molecule has 1 aromatic heterocycles. The van der Waals surface area contributed by atoms with Crippen LogP contribution in [0.4, 0.5) is 10.5 Å². The lowest BCUT2D eigenvalue weighted by atomic mass is 10.1. The molecule has 0 unspecified atom stereocenters. The largest absolute Gasteiger partial charge is 0.378 e. The standard InChI is InChI=1S/C19H24ClN5O2/c20-17-13-21-25(15-17)19(26)24-7-5-22(6-8-24)14-16-1-3-18(4-2-16)23-9-11-27-12-10-23/h1-4,13,15H,5-12,14H2. The number of carbonyl (C=O) groups is 1. The second kappa shape index (κ2) is 8.29. The van der Waals surface area contributed by atoms with Crippen LogP contribution >= 0.6 is 11.6 Å². The number of nitrogens with zero attached hydrogens (tertiary/aromatic N) is 5. The highest BCUT2D eigenvalue weighted by molar-refractivity contribution is 6.30. The van der Waals surface area contributed by atoms with Gasteiger partial charge in [0.15, 0.2) is 0 Å². The molecule has 4 rings (SSSR count). The molecule has 7 nitrogen and oxygen atoms in total. The van der Waals surface area contributed by atoms with Crippen molar-refractivity contribution in [2.24, 2.45) is 0 Å². The number of halogens is 1. The minimum atomic E-state index is -0.114. The molecular weight excluding hydrogens is 366 g/mol. The lowest BCUT2D eigenvalue weighted by molar-refractivity contribution is 0.122. The third-order valence-electron chi connectivity index (χ3n) is 5.11. The Kier molecular flexibility index (Phi) is 5.61. The van der Waals surface area contributed by atoms with E-state index in [2.05, 4.69) is 39.2 Å². The molecule has 0 atom stereocenters. The molecule has 8 heteroatoms. The van der Waals surface area contributed by atoms with Gasteiger partial charge in [0.05, 0.1) is 30.6 Å². The molecule has 1 amide bonds. The van der Waals surface area contributed by atoms with Crippen molar-refractivity contribution in [2.45, 2.75) is 6.54 Å². The van der Waals surface area contributed by atoms with Gasteiger partial charge in [-0.2, -0.15) is 9.78 Å². The van der Waals surface area contributed by atoms with Crippen LogP contribution in [-0.2, 0) is 11.3 Å². The molecule has 2 fully saturated rings. The van der Waals surface area contributed by atoms with Gasteiger partial charge in [0.1, 0.15) is 0 Å². The van der Waals surface area contributed by atoms with E-state index in [1.165, 1.54) is 22.1 Å². The zero-order valence-electron chi connectivity index (χ0n) is 15.3. The molecule has 2 aliphatic heterocycles. The van der Waals surface area contributed by atoms with Crippen LogP contribution in [0.5, 0.6) is 0 Å². The normalized spacial score (nSPS) is 18.7. The Morgan fingerprint density at radius 3 is 2.37 bits per heavy atom. The van der Waals surface area contributed by atoms with Crippen LogP contribution in [0.2, 0.25) is 5.02 Å². The number of morpholine rings is 1. The summed E-state index contributed by atoms with van der Waals surface area (Å²) in [6.45, 7) is 7.51. The first kappa shape index (κ1) is 18.3. The first-order valence-corrected chi connectivity index (χ1v) is 9.70. The van der Waals surface area contributed by atoms with Crippen molar-refractivity contribution >= 4 is 23.3 Å². The number of aromatic nitrogens is 2. The van der Waals surface area contributed by atoms with Gasteiger partial charge < -0.3 is 14.5 Å². The first-order valence-electron chi connectivity index (χ1n) is 9.32. The van der Waals surface area contributed by atoms with Gasteiger partial charge in [0.25, 0.3) is 0 Å². The average Bonchev–Trinajstić information content (AvgIpc) is 3.16. The Labute approximate surface area is 164 Å². The Morgan fingerprint density at radius 2 is 1.74 bits per heavy atom. The summed E-state index contributed by atoms with van der Waals surface area (Å²) in [5.74, 6) is 0. The van der Waals surface area contributed by atoms with E-state index >= 15 is 0 Å². The van der Waals surface area contributed by atoms with E-state index in [4.69, 9.17) is 16.3 Å². The van der Waals surface area contributed by atoms with Gasteiger partial charge >= 0.3 is 6.03 Å². The quantitative estimate of drug-likeness (QED) is 0.805. The van der Waals surface area contributed by atoms with E-state index in [1.54, 1.807) is 6.20 Å². The highest BCUT2D eigenvalue weighted by Gasteiger charge is 2.23. The Bertz CT molecular complexity index is 765. The third kappa shape index (κ3) is 4.43. The summed E-state index contributed by atoms with van der Waals surface area (Å²) < 4.78 is 6.72. The first-order chi connectivity index (χ1) is 13.2. The van der Waals surface area contributed by atoms with E-state index in [-0.39, 0.29) is 6.03 Å². The maximum absolute atomic E-state index is 12.4. The molecule has 0 N–H and O–H groups in total. The summed E-state index contributed by atoms with van der Waals surface area (Å²) in [6.07, 6.45) is 3.03. The smallest absolute Gasteiger partial charge is 0.344 e. The van der Waals surface area contributed by atoms with Crippen molar-refractivity contribution in [3.63, 3.8) is 0 Å². The van der Waals surface area contributed by atoms with Crippen LogP contribution < -0.4 is 4.90 Å². The fourth-order valence-electron chi connectivity index (χ4n) is 3.54. The summed E-state index contributed by atoms with van der Waals surface area (Å²) >= 11 is 5.85. The topological polar surface area (TPSA) is 53.8 Å². The maximum Gasteiger partial charge on any atom is 0.344 e. The minimum absolute atomic E-state index is 0.114. The maximum atomic E-state index is 12.4. The average molecular weight is 390 g/mol. The van der Waals surface area contributed by atoms with Gasteiger partial charge in [0, 0.05) is 51.5 Å². The fraction of sp³-hybridized carbons (Fsp3) is 0.474. The van der Waals surface area contributed by atoms with Crippen molar-refractivity contribution in [2.75, 3.05) is 57.4 Å². The molecular formula is C19H24ClN5O2. The number of hydrogen-bond acceptors (Lipinski definition) is 5. The van der Waals surface area contributed by atoms with Crippen molar-refractivity contribution in [3.8, 4) is 0 Å². The molecule has 0 aliphatic carbocycles. The molecule has 0 bridgehead atoms. The van der Waals surface area contributed by atoms with Crippen molar-refractivity contribution < 1.29 is 9.53 Å². The predicted octanol–water partition coefficient (Wildman–Crippen LogP) is 2.16. The van der Waals surface area contributed by atoms with Gasteiger partial charge in [-0.1, -0.05) is 23.7 Å². The zero-order chi connectivity index (χ0) is 18.6. The molecule has 2 aromatic rings. The number of hydrogen-bond donors (Lipinski definition) is 0. The molecule has 0 radical (unpaired) electrons. The number of benzene rings is 1. The third-order valence-corrected chi connectivity index (χ3v) is 5.30. The monoisotopic (exact) mass is 389 g/mol. The minimum Gasteiger partial charge on any atom is -0.378 e. The van der Waals surface area contributed by atoms with E-state index < -0.39 is 0 Å². The second-order valence-corrected chi connectivity index (χ2v) is 7.35. The summed E-state index contributed by atoms with van der Waals surface area (Å²) in [5, 5.41) is 4.47. The number of rotatable bonds is 3. The van der Waals surface area contributed by atoms with E-state index in [0.717, 1.165) is 45.9 Å². The number of anilines is 1.